The maximum absolute atomic E-state index is 11.4. The summed E-state index contributed by atoms with van der Waals surface area (Å²) in [6.07, 6.45) is 1.98. The Balaban J connectivity index is 4.17. The first kappa shape index (κ1) is 17.4. The Labute approximate surface area is 112 Å². The number of carbonyl (C=O) groups excluding carboxylic acids is 1. The van der Waals surface area contributed by atoms with E-state index in [0.717, 1.165) is 26.1 Å². The van der Waals surface area contributed by atoms with Gasteiger partial charge in [-0.1, -0.05) is 41.0 Å². The average Bonchev–Trinajstić information content (AvgIpc) is 2.31. The van der Waals surface area contributed by atoms with Gasteiger partial charge in [0.1, 0.15) is 0 Å². The summed E-state index contributed by atoms with van der Waals surface area (Å²) in [5.41, 5.74) is 5.42. The van der Waals surface area contributed by atoms with E-state index in [-0.39, 0.29) is 18.0 Å². The Bertz CT molecular complexity index is 231. The van der Waals surface area contributed by atoms with E-state index in [2.05, 4.69) is 31.0 Å². The molecule has 0 aromatic heterocycles. The van der Waals surface area contributed by atoms with Crippen molar-refractivity contribution in [2.45, 2.75) is 59.5 Å². The standard InChI is InChI=1S/C14H31N3O/c1-6-12(5)10-17(7-2)9-8-13(14(15)18)16-11(3)4/h11-13,16H,6-10H2,1-5H3,(H2,15,18). The molecule has 4 heteroatoms. The molecule has 0 saturated heterocycles. The summed E-state index contributed by atoms with van der Waals surface area (Å²) in [5.74, 6) is 0.457. The minimum Gasteiger partial charge on any atom is -0.368 e. The molecule has 0 heterocycles. The van der Waals surface area contributed by atoms with Crippen LogP contribution in [0.3, 0.4) is 0 Å². The summed E-state index contributed by atoms with van der Waals surface area (Å²) in [4.78, 5) is 13.8. The van der Waals surface area contributed by atoms with Crippen LogP contribution in [0.2, 0.25) is 0 Å². The Morgan fingerprint density at radius 2 is 1.89 bits per heavy atom. The lowest BCUT2D eigenvalue weighted by Crippen LogP contribution is -2.46. The number of amides is 1. The highest BCUT2D eigenvalue weighted by Crippen LogP contribution is 2.06. The first-order chi connectivity index (χ1) is 8.40. The van der Waals surface area contributed by atoms with Crippen LogP contribution in [0.15, 0.2) is 0 Å². The van der Waals surface area contributed by atoms with E-state index in [4.69, 9.17) is 5.73 Å². The molecule has 2 atom stereocenters. The van der Waals surface area contributed by atoms with Crippen molar-refractivity contribution in [2.24, 2.45) is 11.7 Å². The summed E-state index contributed by atoms with van der Waals surface area (Å²) in [5, 5.41) is 3.22. The van der Waals surface area contributed by atoms with Crippen molar-refractivity contribution in [3.8, 4) is 0 Å². The van der Waals surface area contributed by atoms with E-state index in [1.54, 1.807) is 0 Å². The Hall–Kier alpha value is -0.610. The van der Waals surface area contributed by atoms with Crippen LogP contribution in [-0.4, -0.2) is 42.5 Å². The molecule has 0 aromatic rings. The molecular formula is C14H31N3O. The lowest BCUT2D eigenvalue weighted by atomic mass is 10.1. The molecule has 108 valence electrons. The fourth-order valence-electron chi connectivity index (χ4n) is 1.97. The fraction of sp³-hybridized carbons (Fsp3) is 0.929. The fourth-order valence-corrected chi connectivity index (χ4v) is 1.97. The smallest absolute Gasteiger partial charge is 0.234 e. The van der Waals surface area contributed by atoms with Gasteiger partial charge in [-0.2, -0.15) is 0 Å². The quantitative estimate of drug-likeness (QED) is 0.625. The molecule has 0 spiro atoms. The molecule has 0 saturated carbocycles. The molecule has 18 heavy (non-hydrogen) atoms. The van der Waals surface area contributed by atoms with Crippen LogP contribution in [0.1, 0.15) is 47.5 Å². The summed E-state index contributed by atoms with van der Waals surface area (Å²) >= 11 is 0. The molecule has 3 N–H and O–H groups in total. The van der Waals surface area contributed by atoms with Crippen molar-refractivity contribution in [3.63, 3.8) is 0 Å². The molecule has 0 rings (SSSR count). The number of hydrogen-bond acceptors (Lipinski definition) is 3. The maximum Gasteiger partial charge on any atom is 0.234 e. The number of primary amides is 1. The van der Waals surface area contributed by atoms with Gasteiger partial charge in [-0.25, -0.2) is 0 Å². The average molecular weight is 257 g/mol. The van der Waals surface area contributed by atoms with Crippen LogP contribution < -0.4 is 11.1 Å². The Morgan fingerprint density at radius 1 is 1.28 bits per heavy atom. The third-order valence-corrected chi connectivity index (χ3v) is 3.33. The van der Waals surface area contributed by atoms with Gasteiger partial charge in [-0.15, -0.1) is 0 Å². The zero-order chi connectivity index (χ0) is 14.1. The number of hydrogen-bond donors (Lipinski definition) is 2. The highest BCUT2D eigenvalue weighted by Gasteiger charge is 2.17. The highest BCUT2D eigenvalue weighted by molar-refractivity contribution is 5.79. The number of nitrogens with zero attached hydrogens (tertiary/aromatic N) is 1. The first-order valence-electron chi connectivity index (χ1n) is 7.18. The minimum atomic E-state index is -0.247. The second kappa shape index (κ2) is 9.34. The summed E-state index contributed by atoms with van der Waals surface area (Å²) in [6.45, 7) is 13.8. The van der Waals surface area contributed by atoms with Crippen LogP contribution >= 0.6 is 0 Å². The number of rotatable bonds is 10. The Morgan fingerprint density at radius 3 is 2.28 bits per heavy atom. The van der Waals surface area contributed by atoms with Crippen molar-refractivity contribution in [3.05, 3.63) is 0 Å². The zero-order valence-corrected chi connectivity index (χ0v) is 12.7. The molecule has 2 unspecified atom stereocenters. The monoisotopic (exact) mass is 257 g/mol. The molecule has 0 aliphatic carbocycles. The SMILES string of the molecule is CCC(C)CN(CC)CCC(NC(C)C)C(N)=O. The molecule has 0 aliphatic rings. The van der Waals surface area contributed by atoms with Crippen molar-refractivity contribution < 1.29 is 4.79 Å². The lowest BCUT2D eigenvalue weighted by molar-refractivity contribution is -0.120. The van der Waals surface area contributed by atoms with Gasteiger partial charge in [-0.05, 0) is 18.9 Å². The van der Waals surface area contributed by atoms with Crippen LogP contribution in [-0.2, 0) is 4.79 Å². The molecule has 4 nitrogen and oxygen atoms in total. The van der Waals surface area contributed by atoms with Crippen molar-refractivity contribution >= 4 is 5.91 Å². The van der Waals surface area contributed by atoms with E-state index in [1.165, 1.54) is 6.42 Å². The molecule has 0 radical (unpaired) electrons. The van der Waals surface area contributed by atoms with E-state index in [1.807, 2.05) is 13.8 Å². The van der Waals surface area contributed by atoms with Crippen molar-refractivity contribution in [1.82, 2.24) is 10.2 Å². The van der Waals surface area contributed by atoms with Crippen LogP contribution in [0, 0.1) is 5.92 Å². The van der Waals surface area contributed by atoms with Gasteiger partial charge in [0.2, 0.25) is 5.91 Å². The lowest BCUT2D eigenvalue weighted by Gasteiger charge is -2.26. The molecule has 1 amide bonds. The van der Waals surface area contributed by atoms with Gasteiger partial charge in [0.15, 0.2) is 0 Å². The van der Waals surface area contributed by atoms with Gasteiger partial charge in [0.05, 0.1) is 6.04 Å². The molecule has 0 fully saturated rings. The molecule has 0 aliphatic heterocycles. The van der Waals surface area contributed by atoms with Crippen molar-refractivity contribution in [2.75, 3.05) is 19.6 Å². The summed E-state index contributed by atoms with van der Waals surface area (Å²) in [6, 6.07) is 0.0723. The van der Waals surface area contributed by atoms with Gasteiger partial charge >= 0.3 is 0 Å². The van der Waals surface area contributed by atoms with Gasteiger partial charge < -0.3 is 16.0 Å². The normalized spacial score (nSPS) is 15.1. The largest absolute Gasteiger partial charge is 0.368 e. The highest BCUT2D eigenvalue weighted by atomic mass is 16.1. The number of carbonyl (C=O) groups is 1. The first-order valence-corrected chi connectivity index (χ1v) is 7.18. The predicted octanol–water partition coefficient (Wildman–Crippen LogP) is 1.60. The summed E-state index contributed by atoms with van der Waals surface area (Å²) < 4.78 is 0. The predicted molar refractivity (Wildman–Crippen MR) is 77.4 cm³/mol. The van der Waals surface area contributed by atoms with Gasteiger partial charge in [0.25, 0.3) is 0 Å². The van der Waals surface area contributed by atoms with E-state index in [9.17, 15) is 4.79 Å². The third kappa shape index (κ3) is 7.67. The topological polar surface area (TPSA) is 58.4 Å². The Kier molecular flexibility index (Phi) is 9.02. The molecular weight excluding hydrogens is 226 g/mol. The summed E-state index contributed by atoms with van der Waals surface area (Å²) in [7, 11) is 0. The van der Waals surface area contributed by atoms with Crippen LogP contribution in [0.25, 0.3) is 0 Å². The van der Waals surface area contributed by atoms with E-state index >= 15 is 0 Å². The van der Waals surface area contributed by atoms with Gasteiger partial charge in [0, 0.05) is 19.1 Å². The zero-order valence-electron chi connectivity index (χ0n) is 12.7. The number of nitrogens with two attached hydrogens (primary N) is 1. The third-order valence-electron chi connectivity index (χ3n) is 3.33. The minimum absolute atomic E-state index is 0.212. The van der Waals surface area contributed by atoms with E-state index < -0.39 is 0 Å². The van der Waals surface area contributed by atoms with Gasteiger partial charge in [-0.3, -0.25) is 4.79 Å². The van der Waals surface area contributed by atoms with Crippen LogP contribution in [0.5, 0.6) is 0 Å². The van der Waals surface area contributed by atoms with E-state index in [0.29, 0.717) is 5.92 Å². The van der Waals surface area contributed by atoms with Crippen molar-refractivity contribution in [1.29, 1.82) is 0 Å². The number of nitrogens with one attached hydrogen (secondary N) is 1. The second-order valence-electron chi connectivity index (χ2n) is 5.47. The molecule has 0 bridgehead atoms. The van der Waals surface area contributed by atoms with Crippen LogP contribution in [0.4, 0.5) is 0 Å². The maximum atomic E-state index is 11.4. The second-order valence-corrected chi connectivity index (χ2v) is 5.47. The molecule has 0 aromatic carbocycles.